The van der Waals surface area contributed by atoms with Crippen LogP contribution in [0.5, 0.6) is 0 Å². The summed E-state index contributed by atoms with van der Waals surface area (Å²) in [5.41, 5.74) is -6.24. The van der Waals surface area contributed by atoms with Gasteiger partial charge in [-0.3, -0.25) is 19.2 Å². The van der Waals surface area contributed by atoms with Crippen LogP contribution >= 0.6 is 0 Å². The maximum atomic E-state index is 11.7. The Morgan fingerprint density at radius 2 is 1.07 bits per heavy atom. The van der Waals surface area contributed by atoms with Gasteiger partial charge in [0.05, 0.1) is 25.7 Å². The van der Waals surface area contributed by atoms with Crippen molar-refractivity contribution in [2.45, 2.75) is 36.9 Å². The van der Waals surface area contributed by atoms with E-state index in [2.05, 4.69) is 4.74 Å². The number of carbonyl (C=O) groups excluding carboxylic acids is 1. The Balaban J connectivity index is -0.000000960. The predicted molar refractivity (Wildman–Crippen MR) is 71.5 cm³/mol. The van der Waals surface area contributed by atoms with E-state index in [0.717, 1.165) is 0 Å². The molecule has 1 atom stereocenters. The summed E-state index contributed by atoms with van der Waals surface area (Å²) in [6.07, 6.45) is -5.94. The fraction of sp³-hybridized carbons (Fsp3) is 0.500. The van der Waals surface area contributed by atoms with Gasteiger partial charge in [-0.05, 0) is 0 Å². The largest absolute Gasteiger partial charge is 1.00 e. The minimum absolute atomic E-state index is 0. The predicted octanol–water partition coefficient (Wildman–Crippen LogP) is -4.90. The molecule has 0 aromatic heterocycles. The molecule has 27 heavy (non-hydrogen) atoms. The Kier molecular flexibility index (Phi) is 14.2. The summed E-state index contributed by atoms with van der Waals surface area (Å²) in [6, 6.07) is 0. The molecule has 0 aliphatic rings. The molecule has 0 spiro atoms. The molecule has 0 saturated carbocycles. The summed E-state index contributed by atoms with van der Waals surface area (Å²) in [6.45, 7) is 0. The summed E-state index contributed by atoms with van der Waals surface area (Å²) in [7, 11) is 0. The number of aliphatic hydroxyl groups is 1. The summed E-state index contributed by atoms with van der Waals surface area (Å²) in [5.74, 6) is -11.6. The van der Waals surface area contributed by atoms with Crippen LogP contribution < -0.4 is 51.4 Å². The van der Waals surface area contributed by atoms with Crippen molar-refractivity contribution in [1.82, 2.24) is 0 Å². The van der Waals surface area contributed by atoms with Gasteiger partial charge < -0.3 is 36.8 Å². The molecule has 0 fully saturated rings. The molecule has 0 radical (unpaired) electrons. The van der Waals surface area contributed by atoms with Crippen LogP contribution in [0.1, 0.15) is 27.1 Å². The number of hydrogen-bond donors (Lipinski definition) is 6. The molecule has 6 N–H and O–H groups in total. The van der Waals surface area contributed by atoms with E-state index in [0.29, 0.717) is 0 Å². The molecule has 144 valence electrons. The van der Waals surface area contributed by atoms with Gasteiger partial charge in [-0.1, -0.05) is 0 Å². The van der Waals surface area contributed by atoms with Crippen LogP contribution in [0.2, 0.25) is 0 Å². The number of hydrogen-bond acceptors (Lipinski definition) is 8. The van der Waals surface area contributed by atoms with Crippen LogP contribution in [0.3, 0.4) is 0 Å². The molecule has 0 aliphatic carbocycles. The van der Waals surface area contributed by atoms with E-state index in [1.165, 1.54) is 0 Å². The number of ether oxygens (including phenoxy) is 1. The van der Waals surface area contributed by atoms with Gasteiger partial charge in [-0.25, -0.2) is 9.59 Å². The van der Waals surface area contributed by atoms with Crippen molar-refractivity contribution in [3.63, 3.8) is 0 Å². The van der Waals surface area contributed by atoms with Gasteiger partial charge in [0.25, 0.3) is 0 Å². The zero-order valence-corrected chi connectivity index (χ0v) is 20.2. The van der Waals surface area contributed by atoms with Crippen molar-refractivity contribution < 1.29 is 136 Å². The van der Waals surface area contributed by atoms with E-state index in [9.17, 15) is 33.9 Å². The minimum Gasteiger partial charge on any atom is -1.00 e. The molecule has 0 heterocycles. The molecule has 0 rings (SSSR count). The maximum absolute atomic E-state index is 11.7. The maximum Gasteiger partial charge on any atom is 1.00 e. The Morgan fingerprint density at radius 1 is 0.704 bits per heavy atom. The standard InChI is InChI=1S/C12H14O13.K.Zn.H/c13-5(14)1-11(24,9(20)21)4-8(19)25-12(10(22)23,2-6(15)16)3-7(17)18;;;/h24H,1-4H2,(H,13,14)(H,15,16)(H,17,18)(H,20,21)(H,22,23);;;/q;+1;;-1. The second-order valence-electron chi connectivity index (χ2n) is 5.00. The van der Waals surface area contributed by atoms with Crippen molar-refractivity contribution in [2.24, 2.45) is 0 Å². The van der Waals surface area contributed by atoms with Crippen LogP contribution in [0.4, 0.5) is 0 Å². The Bertz CT molecular complexity index is 609. The van der Waals surface area contributed by atoms with Crippen LogP contribution in [-0.4, -0.2) is 77.7 Å². The number of carboxylic acids is 5. The quantitative estimate of drug-likeness (QED) is 0.123. The zero-order valence-electron chi connectivity index (χ0n) is 15.1. The smallest absolute Gasteiger partial charge is 1.00 e. The number of rotatable bonds is 11. The molecule has 0 saturated heterocycles. The Hall–Kier alpha value is -0.960. The summed E-state index contributed by atoms with van der Waals surface area (Å²) in [5, 5.41) is 53.5. The van der Waals surface area contributed by atoms with Gasteiger partial charge in [0.2, 0.25) is 5.60 Å². The molecule has 0 aliphatic heterocycles. The van der Waals surface area contributed by atoms with Crippen molar-refractivity contribution in [3.8, 4) is 0 Å². The third-order valence-electron chi connectivity index (χ3n) is 2.85. The second kappa shape index (κ2) is 12.5. The van der Waals surface area contributed by atoms with E-state index in [-0.39, 0.29) is 72.3 Å². The monoisotopic (exact) mass is 470 g/mol. The summed E-state index contributed by atoms with van der Waals surface area (Å²) in [4.78, 5) is 66.0. The SMILES string of the molecule is O=C(O)CC(O)(CC(=O)OC(CC(=O)O)(CC(=O)O)C(=O)O)C(=O)O.[H-].[K+].[Zn]. The van der Waals surface area contributed by atoms with E-state index >= 15 is 0 Å². The fourth-order valence-corrected chi connectivity index (χ4v) is 1.77. The normalized spacial score (nSPS) is 12.3. The van der Waals surface area contributed by atoms with Gasteiger partial charge >= 0.3 is 87.2 Å². The third-order valence-corrected chi connectivity index (χ3v) is 2.85. The first kappa shape index (κ1) is 30.8. The second-order valence-corrected chi connectivity index (χ2v) is 5.00. The van der Waals surface area contributed by atoms with Crippen LogP contribution in [-0.2, 0) is 53.0 Å². The van der Waals surface area contributed by atoms with Gasteiger partial charge in [0.1, 0.15) is 0 Å². The summed E-state index contributed by atoms with van der Waals surface area (Å²) < 4.78 is 4.33. The van der Waals surface area contributed by atoms with Gasteiger partial charge in [0.15, 0.2) is 5.60 Å². The average molecular weight is 472 g/mol. The average Bonchev–Trinajstić information content (AvgIpc) is 2.34. The molecule has 0 amide bonds. The van der Waals surface area contributed by atoms with Crippen molar-refractivity contribution in [1.29, 1.82) is 0 Å². The number of carboxylic acid groups (broad SMARTS) is 5. The van der Waals surface area contributed by atoms with E-state index in [1.807, 2.05) is 0 Å². The molecular formula is C12H15KO13Zn. The Morgan fingerprint density at radius 3 is 1.33 bits per heavy atom. The molecule has 13 nitrogen and oxygen atoms in total. The molecule has 0 aromatic rings. The fourth-order valence-electron chi connectivity index (χ4n) is 1.77. The zero-order chi connectivity index (χ0) is 20.0. The Labute approximate surface area is 207 Å². The molecule has 0 aromatic carbocycles. The van der Waals surface area contributed by atoms with Gasteiger partial charge in [0, 0.05) is 19.5 Å². The number of esters is 1. The first-order chi connectivity index (χ1) is 11.2. The summed E-state index contributed by atoms with van der Waals surface area (Å²) >= 11 is 0. The molecule has 0 bridgehead atoms. The van der Waals surface area contributed by atoms with Gasteiger partial charge in [-0.2, -0.15) is 0 Å². The molecule has 15 heteroatoms. The minimum atomic E-state index is -3.17. The van der Waals surface area contributed by atoms with Crippen molar-refractivity contribution in [3.05, 3.63) is 0 Å². The van der Waals surface area contributed by atoms with Crippen molar-refractivity contribution in [2.75, 3.05) is 0 Å². The number of carbonyl (C=O) groups is 6. The first-order valence-corrected chi connectivity index (χ1v) is 6.30. The topological polar surface area (TPSA) is 233 Å². The van der Waals surface area contributed by atoms with Crippen LogP contribution in [0.15, 0.2) is 0 Å². The van der Waals surface area contributed by atoms with Crippen molar-refractivity contribution >= 4 is 35.8 Å². The van der Waals surface area contributed by atoms with Crippen LogP contribution in [0.25, 0.3) is 0 Å². The van der Waals surface area contributed by atoms with Crippen LogP contribution in [0, 0.1) is 0 Å². The molecular weight excluding hydrogens is 457 g/mol. The third kappa shape index (κ3) is 10.2. The molecule has 1 unspecified atom stereocenters. The first-order valence-electron chi connectivity index (χ1n) is 6.30. The van der Waals surface area contributed by atoms with E-state index in [1.54, 1.807) is 0 Å². The van der Waals surface area contributed by atoms with Gasteiger partial charge in [-0.15, -0.1) is 0 Å². The van der Waals surface area contributed by atoms with E-state index < -0.39 is 72.7 Å². The number of aliphatic carboxylic acids is 5. The van der Waals surface area contributed by atoms with E-state index in [4.69, 9.17) is 25.5 Å².